The third kappa shape index (κ3) is 7.48. The molecule has 4 heteroatoms. The largest absolute Gasteiger partial charge is 0.491 e. The zero-order valence-electron chi connectivity index (χ0n) is 12.8. The van der Waals surface area contributed by atoms with Crippen molar-refractivity contribution in [1.82, 2.24) is 5.32 Å². The van der Waals surface area contributed by atoms with Crippen molar-refractivity contribution in [1.29, 1.82) is 0 Å². The van der Waals surface area contributed by atoms with Gasteiger partial charge in [0.15, 0.2) is 0 Å². The van der Waals surface area contributed by atoms with Gasteiger partial charge in [-0.25, -0.2) is 0 Å². The lowest BCUT2D eigenvalue weighted by molar-refractivity contribution is 0.0735. The average Bonchev–Trinajstić information content (AvgIpc) is 2.45. The minimum atomic E-state index is -0.514. The predicted octanol–water partition coefficient (Wildman–Crippen LogP) is 2.00. The number of aryl methyl sites for hydroxylation is 1. The lowest BCUT2D eigenvalue weighted by atomic mass is 10.2. The molecule has 0 aromatic heterocycles. The fraction of sp³-hybridized carbons (Fsp3) is 0.625. The first-order chi connectivity index (χ1) is 9.61. The first kappa shape index (κ1) is 17.0. The summed E-state index contributed by atoms with van der Waals surface area (Å²) in [5.74, 6) is 0.796. The number of aliphatic hydroxyl groups excluding tert-OH is 1. The molecule has 1 unspecified atom stereocenters. The first-order valence-electron chi connectivity index (χ1n) is 7.34. The number of rotatable bonds is 10. The van der Waals surface area contributed by atoms with E-state index in [1.165, 1.54) is 5.56 Å². The summed E-state index contributed by atoms with van der Waals surface area (Å²) in [6, 6.07) is 7.97. The second kappa shape index (κ2) is 9.75. The molecule has 1 atom stereocenters. The molecule has 114 valence electrons. The van der Waals surface area contributed by atoms with Crippen LogP contribution in [0.15, 0.2) is 24.3 Å². The van der Waals surface area contributed by atoms with Gasteiger partial charge >= 0.3 is 0 Å². The van der Waals surface area contributed by atoms with Gasteiger partial charge in [0.05, 0.1) is 12.7 Å². The van der Waals surface area contributed by atoms with Crippen molar-refractivity contribution in [3.05, 3.63) is 29.8 Å². The van der Waals surface area contributed by atoms with E-state index in [0.717, 1.165) is 18.7 Å². The van der Waals surface area contributed by atoms with Crippen molar-refractivity contribution in [2.45, 2.75) is 39.4 Å². The number of benzene rings is 1. The molecule has 1 aromatic rings. The van der Waals surface area contributed by atoms with Crippen LogP contribution in [0.25, 0.3) is 0 Å². The Balaban J connectivity index is 2.11. The van der Waals surface area contributed by atoms with Crippen molar-refractivity contribution in [2.75, 3.05) is 26.3 Å². The molecule has 0 saturated heterocycles. The zero-order valence-corrected chi connectivity index (χ0v) is 12.8. The standard InChI is InChI=1S/C16H27NO3/c1-4-14-5-7-16(8-6-14)20-12-15(18)11-17-9-10-19-13(2)3/h5-8,13,15,17-18H,4,9-12H2,1-3H3. The Hall–Kier alpha value is -1.10. The van der Waals surface area contributed by atoms with Gasteiger partial charge < -0.3 is 19.9 Å². The molecule has 0 aliphatic heterocycles. The summed E-state index contributed by atoms with van der Waals surface area (Å²) in [5, 5.41) is 12.9. The molecule has 0 fully saturated rings. The molecule has 1 aromatic carbocycles. The van der Waals surface area contributed by atoms with Gasteiger partial charge in [-0.1, -0.05) is 19.1 Å². The highest BCUT2D eigenvalue weighted by Crippen LogP contribution is 2.12. The van der Waals surface area contributed by atoms with Crippen molar-refractivity contribution < 1.29 is 14.6 Å². The topological polar surface area (TPSA) is 50.7 Å². The molecule has 0 saturated carbocycles. The summed E-state index contributed by atoms with van der Waals surface area (Å²) >= 11 is 0. The van der Waals surface area contributed by atoms with Gasteiger partial charge in [0.2, 0.25) is 0 Å². The van der Waals surface area contributed by atoms with E-state index in [1.807, 2.05) is 38.1 Å². The Kier molecular flexibility index (Phi) is 8.26. The molecule has 0 radical (unpaired) electrons. The lowest BCUT2D eigenvalue weighted by Crippen LogP contribution is -2.33. The second-order valence-electron chi connectivity index (χ2n) is 5.09. The van der Waals surface area contributed by atoms with E-state index in [1.54, 1.807) is 0 Å². The Morgan fingerprint density at radius 2 is 1.90 bits per heavy atom. The maximum atomic E-state index is 9.79. The van der Waals surface area contributed by atoms with Gasteiger partial charge in [-0.05, 0) is 38.0 Å². The highest BCUT2D eigenvalue weighted by Gasteiger charge is 2.05. The highest BCUT2D eigenvalue weighted by molar-refractivity contribution is 5.27. The van der Waals surface area contributed by atoms with E-state index < -0.39 is 6.10 Å². The van der Waals surface area contributed by atoms with Crippen LogP contribution in [-0.4, -0.2) is 43.6 Å². The summed E-state index contributed by atoms with van der Waals surface area (Å²) in [6.07, 6.45) is 0.752. The highest BCUT2D eigenvalue weighted by atomic mass is 16.5. The van der Waals surface area contributed by atoms with Crippen LogP contribution in [0.2, 0.25) is 0 Å². The smallest absolute Gasteiger partial charge is 0.119 e. The molecule has 0 aliphatic rings. The SMILES string of the molecule is CCc1ccc(OCC(O)CNCCOC(C)C)cc1. The van der Waals surface area contributed by atoms with Crippen LogP contribution in [0.4, 0.5) is 0 Å². The van der Waals surface area contributed by atoms with Gasteiger partial charge in [0.1, 0.15) is 18.5 Å². The van der Waals surface area contributed by atoms with Crippen LogP contribution in [0, 0.1) is 0 Å². The second-order valence-corrected chi connectivity index (χ2v) is 5.09. The Labute approximate surface area is 122 Å². The molecular formula is C16H27NO3. The van der Waals surface area contributed by atoms with Crippen molar-refractivity contribution in [2.24, 2.45) is 0 Å². The normalized spacial score (nSPS) is 12.7. The number of ether oxygens (including phenoxy) is 2. The number of aliphatic hydroxyl groups is 1. The van der Waals surface area contributed by atoms with Crippen LogP contribution < -0.4 is 10.1 Å². The Morgan fingerprint density at radius 3 is 2.50 bits per heavy atom. The first-order valence-corrected chi connectivity index (χ1v) is 7.34. The number of hydrogen-bond donors (Lipinski definition) is 2. The van der Waals surface area contributed by atoms with Gasteiger partial charge in [-0.3, -0.25) is 0 Å². The van der Waals surface area contributed by atoms with Gasteiger partial charge in [0, 0.05) is 13.1 Å². The summed E-state index contributed by atoms with van der Waals surface area (Å²) in [4.78, 5) is 0. The van der Waals surface area contributed by atoms with Crippen LogP contribution in [0.3, 0.4) is 0 Å². The van der Waals surface area contributed by atoms with Crippen molar-refractivity contribution in [3.63, 3.8) is 0 Å². The minimum Gasteiger partial charge on any atom is -0.491 e. The molecule has 0 heterocycles. The summed E-state index contributed by atoms with van der Waals surface area (Å²) in [6.45, 7) is 8.33. The molecule has 20 heavy (non-hydrogen) atoms. The Bertz CT molecular complexity index is 351. The van der Waals surface area contributed by atoms with Crippen LogP contribution in [0.1, 0.15) is 26.3 Å². The Morgan fingerprint density at radius 1 is 1.20 bits per heavy atom. The van der Waals surface area contributed by atoms with E-state index >= 15 is 0 Å². The van der Waals surface area contributed by atoms with Gasteiger partial charge in [-0.15, -0.1) is 0 Å². The molecule has 4 nitrogen and oxygen atoms in total. The summed E-state index contributed by atoms with van der Waals surface area (Å²) < 4.78 is 10.9. The molecular weight excluding hydrogens is 254 g/mol. The number of hydrogen-bond acceptors (Lipinski definition) is 4. The monoisotopic (exact) mass is 281 g/mol. The van der Waals surface area contributed by atoms with E-state index in [0.29, 0.717) is 19.8 Å². The minimum absolute atomic E-state index is 0.246. The van der Waals surface area contributed by atoms with E-state index in [4.69, 9.17) is 9.47 Å². The molecule has 0 aliphatic carbocycles. The average molecular weight is 281 g/mol. The zero-order chi connectivity index (χ0) is 14.8. The lowest BCUT2D eigenvalue weighted by Gasteiger charge is -2.14. The van der Waals surface area contributed by atoms with Crippen LogP contribution in [-0.2, 0) is 11.2 Å². The van der Waals surface area contributed by atoms with Crippen LogP contribution in [0.5, 0.6) is 5.75 Å². The van der Waals surface area contributed by atoms with E-state index in [-0.39, 0.29) is 6.10 Å². The van der Waals surface area contributed by atoms with Gasteiger partial charge in [0.25, 0.3) is 0 Å². The van der Waals surface area contributed by atoms with Crippen LogP contribution >= 0.6 is 0 Å². The molecule has 2 N–H and O–H groups in total. The van der Waals surface area contributed by atoms with Crippen molar-refractivity contribution in [3.8, 4) is 5.75 Å². The fourth-order valence-electron chi connectivity index (χ4n) is 1.71. The molecule has 1 rings (SSSR count). The summed E-state index contributed by atoms with van der Waals surface area (Å²) in [5.41, 5.74) is 1.28. The maximum Gasteiger partial charge on any atom is 0.119 e. The summed E-state index contributed by atoms with van der Waals surface area (Å²) in [7, 11) is 0. The molecule has 0 spiro atoms. The van der Waals surface area contributed by atoms with E-state index in [9.17, 15) is 5.11 Å². The maximum absolute atomic E-state index is 9.79. The quantitative estimate of drug-likeness (QED) is 0.644. The fourth-order valence-corrected chi connectivity index (χ4v) is 1.71. The molecule has 0 bridgehead atoms. The third-order valence-electron chi connectivity index (χ3n) is 2.88. The number of nitrogens with one attached hydrogen (secondary N) is 1. The van der Waals surface area contributed by atoms with Crippen molar-refractivity contribution >= 4 is 0 Å². The van der Waals surface area contributed by atoms with E-state index in [2.05, 4.69) is 12.2 Å². The van der Waals surface area contributed by atoms with Gasteiger partial charge in [-0.2, -0.15) is 0 Å². The predicted molar refractivity (Wildman–Crippen MR) is 81.3 cm³/mol. The third-order valence-corrected chi connectivity index (χ3v) is 2.88. The molecule has 0 amide bonds.